The van der Waals surface area contributed by atoms with Gasteiger partial charge in [0.05, 0.1) is 19.8 Å². The topological polar surface area (TPSA) is 47.6 Å². The first-order valence-electron chi connectivity index (χ1n) is 8.31. The van der Waals surface area contributed by atoms with E-state index in [1.807, 2.05) is 43.3 Å². The molecule has 0 saturated carbocycles. The average molecular weight is 327 g/mol. The SMILES string of the molecule is CCCCOc1ccc(C(=O)N[C@@H](C)c2ccc(OC)cc2)cc1. The third-order valence-corrected chi connectivity index (χ3v) is 3.85. The maximum absolute atomic E-state index is 12.3. The molecular formula is C20H25NO3. The predicted octanol–water partition coefficient (Wildman–Crippen LogP) is 4.37. The third kappa shape index (κ3) is 5.01. The number of rotatable bonds is 8. The standard InChI is InChI=1S/C20H25NO3/c1-4-5-14-24-19-12-8-17(9-13-19)20(22)21-15(2)16-6-10-18(23-3)11-7-16/h6-13,15H,4-5,14H2,1-3H3,(H,21,22)/t15-/m0/s1. The number of nitrogens with one attached hydrogen (secondary N) is 1. The van der Waals surface area contributed by atoms with Gasteiger partial charge in [0, 0.05) is 5.56 Å². The van der Waals surface area contributed by atoms with E-state index in [2.05, 4.69) is 12.2 Å². The van der Waals surface area contributed by atoms with Crippen LogP contribution in [0.25, 0.3) is 0 Å². The second kappa shape index (κ2) is 8.96. The molecule has 0 unspecified atom stereocenters. The highest BCUT2D eigenvalue weighted by atomic mass is 16.5. The molecule has 0 aliphatic rings. The van der Waals surface area contributed by atoms with Gasteiger partial charge < -0.3 is 14.8 Å². The number of carbonyl (C=O) groups excluding carboxylic acids is 1. The Morgan fingerprint density at radius 2 is 1.67 bits per heavy atom. The van der Waals surface area contributed by atoms with Crippen molar-refractivity contribution in [3.05, 3.63) is 59.7 Å². The Balaban J connectivity index is 1.93. The van der Waals surface area contributed by atoms with Crippen molar-refractivity contribution >= 4 is 5.91 Å². The maximum atomic E-state index is 12.3. The van der Waals surface area contributed by atoms with Crippen LogP contribution in [0.3, 0.4) is 0 Å². The molecule has 2 aromatic carbocycles. The van der Waals surface area contributed by atoms with Crippen molar-refractivity contribution in [2.45, 2.75) is 32.7 Å². The van der Waals surface area contributed by atoms with Crippen LogP contribution in [0.4, 0.5) is 0 Å². The second-order valence-electron chi connectivity index (χ2n) is 5.69. The molecule has 2 rings (SSSR count). The molecule has 24 heavy (non-hydrogen) atoms. The van der Waals surface area contributed by atoms with Crippen LogP contribution in [0.15, 0.2) is 48.5 Å². The van der Waals surface area contributed by atoms with E-state index in [0.717, 1.165) is 29.9 Å². The van der Waals surface area contributed by atoms with E-state index < -0.39 is 0 Å². The van der Waals surface area contributed by atoms with Crippen molar-refractivity contribution in [2.75, 3.05) is 13.7 Å². The van der Waals surface area contributed by atoms with Crippen LogP contribution in [-0.4, -0.2) is 19.6 Å². The lowest BCUT2D eigenvalue weighted by atomic mass is 10.1. The van der Waals surface area contributed by atoms with Crippen LogP contribution < -0.4 is 14.8 Å². The molecule has 0 bridgehead atoms. The third-order valence-electron chi connectivity index (χ3n) is 3.85. The minimum absolute atomic E-state index is 0.0797. The fourth-order valence-electron chi connectivity index (χ4n) is 2.29. The first-order chi connectivity index (χ1) is 11.6. The lowest BCUT2D eigenvalue weighted by Gasteiger charge is -2.15. The van der Waals surface area contributed by atoms with Crippen LogP contribution >= 0.6 is 0 Å². The average Bonchev–Trinajstić information content (AvgIpc) is 2.62. The highest BCUT2D eigenvalue weighted by Gasteiger charge is 2.11. The Bertz CT molecular complexity index is 635. The van der Waals surface area contributed by atoms with Gasteiger partial charge in [0.2, 0.25) is 0 Å². The molecule has 4 heteroatoms. The number of unbranched alkanes of at least 4 members (excludes halogenated alkanes) is 1. The molecule has 1 N–H and O–H groups in total. The van der Waals surface area contributed by atoms with Gasteiger partial charge in [0.15, 0.2) is 0 Å². The van der Waals surface area contributed by atoms with E-state index in [0.29, 0.717) is 12.2 Å². The summed E-state index contributed by atoms with van der Waals surface area (Å²) in [6.07, 6.45) is 2.13. The monoisotopic (exact) mass is 327 g/mol. The number of hydrogen-bond acceptors (Lipinski definition) is 3. The lowest BCUT2D eigenvalue weighted by molar-refractivity contribution is 0.0940. The zero-order valence-corrected chi connectivity index (χ0v) is 14.5. The normalized spacial score (nSPS) is 11.6. The molecule has 0 spiro atoms. The first kappa shape index (κ1) is 17.9. The van der Waals surface area contributed by atoms with E-state index in [9.17, 15) is 4.79 Å². The van der Waals surface area contributed by atoms with Crippen LogP contribution in [0.2, 0.25) is 0 Å². The van der Waals surface area contributed by atoms with Crippen molar-refractivity contribution in [1.82, 2.24) is 5.32 Å². The Morgan fingerprint density at radius 3 is 2.25 bits per heavy atom. The van der Waals surface area contributed by atoms with Gasteiger partial charge in [-0.1, -0.05) is 25.5 Å². The van der Waals surface area contributed by atoms with E-state index >= 15 is 0 Å². The summed E-state index contributed by atoms with van der Waals surface area (Å²) in [6.45, 7) is 4.79. The summed E-state index contributed by atoms with van der Waals surface area (Å²) < 4.78 is 10.8. The summed E-state index contributed by atoms with van der Waals surface area (Å²) in [7, 11) is 1.63. The van der Waals surface area contributed by atoms with Crippen molar-refractivity contribution < 1.29 is 14.3 Å². The van der Waals surface area contributed by atoms with Crippen molar-refractivity contribution in [3.8, 4) is 11.5 Å². The Morgan fingerprint density at radius 1 is 1.04 bits per heavy atom. The predicted molar refractivity (Wildman–Crippen MR) is 95.7 cm³/mol. The lowest BCUT2D eigenvalue weighted by Crippen LogP contribution is -2.26. The smallest absolute Gasteiger partial charge is 0.251 e. The van der Waals surface area contributed by atoms with Crippen molar-refractivity contribution in [3.63, 3.8) is 0 Å². The van der Waals surface area contributed by atoms with Gasteiger partial charge in [-0.3, -0.25) is 4.79 Å². The number of ether oxygens (including phenoxy) is 2. The van der Waals surface area contributed by atoms with Gasteiger partial charge >= 0.3 is 0 Å². The molecule has 0 heterocycles. The molecule has 1 atom stereocenters. The first-order valence-corrected chi connectivity index (χ1v) is 8.31. The van der Waals surface area contributed by atoms with Gasteiger partial charge in [-0.15, -0.1) is 0 Å². The van der Waals surface area contributed by atoms with Crippen LogP contribution in [0.1, 0.15) is 48.7 Å². The van der Waals surface area contributed by atoms with E-state index in [1.165, 1.54) is 0 Å². The van der Waals surface area contributed by atoms with E-state index in [4.69, 9.17) is 9.47 Å². The van der Waals surface area contributed by atoms with Gasteiger partial charge in [0.25, 0.3) is 5.91 Å². The van der Waals surface area contributed by atoms with Crippen LogP contribution in [0, 0.1) is 0 Å². The summed E-state index contributed by atoms with van der Waals surface area (Å²) in [4.78, 5) is 12.3. The number of methoxy groups -OCH3 is 1. The molecule has 0 saturated heterocycles. The Labute approximate surface area is 143 Å². The molecule has 0 aromatic heterocycles. The van der Waals surface area contributed by atoms with E-state index in [1.54, 1.807) is 19.2 Å². The summed E-state index contributed by atoms with van der Waals surface area (Å²) in [5, 5.41) is 3.00. The molecule has 1 amide bonds. The molecule has 2 aromatic rings. The van der Waals surface area contributed by atoms with E-state index in [-0.39, 0.29) is 11.9 Å². The zero-order chi connectivity index (χ0) is 17.4. The quantitative estimate of drug-likeness (QED) is 0.733. The minimum Gasteiger partial charge on any atom is -0.497 e. The Hall–Kier alpha value is -2.49. The molecule has 0 aliphatic carbocycles. The number of amides is 1. The van der Waals surface area contributed by atoms with Gasteiger partial charge in [-0.25, -0.2) is 0 Å². The zero-order valence-electron chi connectivity index (χ0n) is 14.5. The minimum atomic E-state index is -0.0987. The largest absolute Gasteiger partial charge is 0.497 e. The summed E-state index contributed by atoms with van der Waals surface area (Å²) in [5.41, 5.74) is 1.65. The molecule has 128 valence electrons. The number of benzene rings is 2. The number of carbonyl (C=O) groups is 1. The second-order valence-corrected chi connectivity index (χ2v) is 5.69. The highest BCUT2D eigenvalue weighted by molar-refractivity contribution is 5.94. The van der Waals surface area contributed by atoms with Crippen LogP contribution in [-0.2, 0) is 0 Å². The molecule has 0 fully saturated rings. The molecule has 0 radical (unpaired) electrons. The van der Waals surface area contributed by atoms with Gasteiger partial charge in [-0.2, -0.15) is 0 Å². The number of hydrogen-bond donors (Lipinski definition) is 1. The highest BCUT2D eigenvalue weighted by Crippen LogP contribution is 2.18. The fourth-order valence-corrected chi connectivity index (χ4v) is 2.29. The summed E-state index contributed by atoms with van der Waals surface area (Å²) in [5.74, 6) is 1.50. The summed E-state index contributed by atoms with van der Waals surface area (Å²) >= 11 is 0. The van der Waals surface area contributed by atoms with Gasteiger partial charge in [-0.05, 0) is 55.3 Å². The Kier molecular flexibility index (Phi) is 6.67. The molecular weight excluding hydrogens is 302 g/mol. The van der Waals surface area contributed by atoms with Crippen molar-refractivity contribution in [2.24, 2.45) is 0 Å². The maximum Gasteiger partial charge on any atom is 0.251 e. The summed E-state index contributed by atoms with van der Waals surface area (Å²) in [6, 6.07) is 14.9. The van der Waals surface area contributed by atoms with Crippen molar-refractivity contribution in [1.29, 1.82) is 0 Å². The molecule has 4 nitrogen and oxygen atoms in total. The fraction of sp³-hybridized carbons (Fsp3) is 0.350. The van der Waals surface area contributed by atoms with Crippen LogP contribution in [0.5, 0.6) is 11.5 Å². The van der Waals surface area contributed by atoms with Gasteiger partial charge in [0.1, 0.15) is 11.5 Å². The molecule has 0 aliphatic heterocycles.